The van der Waals surface area contributed by atoms with Gasteiger partial charge in [-0.1, -0.05) is 6.07 Å². The Balaban J connectivity index is 0.00000176. The summed E-state index contributed by atoms with van der Waals surface area (Å²) in [6, 6.07) is 5.42. The van der Waals surface area contributed by atoms with Gasteiger partial charge in [0.1, 0.15) is 0 Å². The summed E-state index contributed by atoms with van der Waals surface area (Å²) in [5.41, 5.74) is 1.31. The number of carbonyl (C=O) groups excluding carboxylic acids is 1. The summed E-state index contributed by atoms with van der Waals surface area (Å²) in [4.78, 5) is 27.6. The smallest absolute Gasteiger partial charge is 0.345 e. The summed E-state index contributed by atoms with van der Waals surface area (Å²) >= 11 is 0. The topological polar surface area (TPSA) is 70.1 Å². The van der Waals surface area contributed by atoms with Crippen LogP contribution in [0.4, 0.5) is 5.69 Å². The number of halogens is 1. The molecule has 1 fully saturated rings. The van der Waals surface area contributed by atoms with Crippen LogP contribution in [0.25, 0.3) is 0 Å². The van der Waals surface area contributed by atoms with Crippen LogP contribution >= 0.6 is 12.4 Å². The van der Waals surface area contributed by atoms with Crippen molar-refractivity contribution >= 4 is 29.8 Å². The molecule has 1 saturated heterocycles. The van der Waals surface area contributed by atoms with Crippen molar-refractivity contribution in [3.05, 3.63) is 23.8 Å². The molecular weight excluding hydrogens is 308 g/mol. The Morgan fingerprint density at radius 3 is 2.59 bits per heavy atom. The Hall–Kier alpha value is -1.79. The average molecular weight is 327 g/mol. The summed E-state index contributed by atoms with van der Waals surface area (Å²) in [7, 11) is 2.07. The molecule has 0 bridgehead atoms. The highest BCUT2D eigenvalue weighted by molar-refractivity contribution is 6.04. The van der Waals surface area contributed by atoms with Gasteiger partial charge in [-0.25, -0.2) is 4.79 Å². The van der Waals surface area contributed by atoms with Gasteiger partial charge in [-0.05, 0) is 19.2 Å². The third-order valence-electron chi connectivity index (χ3n) is 4.04. The zero-order valence-corrected chi connectivity index (χ0v) is 13.1. The van der Waals surface area contributed by atoms with E-state index in [0.717, 1.165) is 31.9 Å². The van der Waals surface area contributed by atoms with Crippen molar-refractivity contribution in [1.82, 2.24) is 4.90 Å². The van der Waals surface area contributed by atoms with Gasteiger partial charge >= 0.3 is 5.97 Å². The monoisotopic (exact) mass is 326 g/mol. The van der Waals surface area contributed by atoms with Gasteiger partial charge in [0.15, 0.2) is 11.5 Å². The molecule has 0 amide bonds. The minimum absolute atomic E-state index is 0. The molecule has 0 aliphatic carbocycles. The molecule has 2 aliphatic heterocycles. The van der Waals surface area contributed by atoms with Crippen LogP contribution in [0, 0.1) is 0 Å². The molecular formula is C15H19ClN2O4. The zero-order valence-electron chi connectivity index (χ0n) is 12.3. The van der Waals surface area contributed by atoms with Crippen molar-refractivity contribution in [1.29, 1.82) is 0 Å². The second-order valence-electron chi connectivity index (χ2n) is 5.52. The highest BCUT2D eigenvalue weighted by atomic mass is 35.5. The van der Waals surface area contributed by atoms with E-state index < -0.39 is 12.1 Å². The summed E-state index contributed by atoms with van der Waals surface area (Å²) < 4.78 is 5.60. The maximum Gasteiger partial charge on any atom is 0.345 e. The molecule has 3 rings (SSSR count). The van der Waals surface area contributed by atoms with Gasteiger partial charge in [0.2, 0.25) is 6.10 Å². The van der Waals surface area contributed by atoms with E-state index in [0.29, 0.717) is 11.3 Å². The zero-order chi connectivity index (χ0) is 15.0. The number of hydrogen-bond donors (Lipinski definition) is 1. The van der Waals surface area contributed by atoms with Gasteiger partial charge in [-0.15, -0.1) is 12.4 Å². The lowest BCUT2D eigenvalue weighted by Gasteiger charge is -2.36. The first-order chi connectivity index (χ1) is 10.1. The maximum atomic E-state index is 12.1. The second-order valence-corrected chi connectivity index (χ2v) is 5.52. The van der Waals surface area contributed by atoms with Crippen LogP contribution < -0.4 is 9.64 Å². The molecule has 6 nitrogen and oxygen atoms in total. The van der Waals surface area contributed by atoms with E-state index in [4.69, 9.17) is 9.84 Å². The normalized spacial score (nSPS) is 21.6. The van der Waals surface area contributed by atoms with Crippen molar-refractivity contribution in [3.8, 4) is 5.75 Å². The van der Waals surface area contributed by atoms with Crippen LogP contribution in [0.1, 0.15) is 16.8 Å². The van der Waals surface area contributed by atoms with Gasteiger partial charge in [0.05, 0.1) is 17.7 Å². The first-order valence-corrected chi connectivity index (χ1v) is 7.05. The number of ketones is 1. The molecule has 1 unspecified atom stereocenters. The standard InChI is InChI=1S/C15H18N2O4.ClH/c1-16-5-7-17(8-6-16)11-4-2-3-10-12(18)9-13(15(19)20)21-14(10)11;/h2-4,13H,5-9H2,1H3,(H,19,20);1H. The largest absolute Gasteiger partial charge is 0.478 e. The fraction of sp³-hybridized carbons (Fsp3) is 0.467. The second kappa shape index (κ2) is 6.54. The molecule has 7 heteroatoms. The Labute approximate surface area is 135 Å². The van der Waals surface area contributed by atoms with E-state index in [2.05, 4.69) is 16.8 Å². The molecule has 0 spiro atoms. The molecule has 120 valence electrons. The van der Waals surface area contributed by atoms with E-state index in [1.807, 2.05) is 12.1 Å². The number of piperazine rings is 1. The number of benzene rings is 1. The number of aliphatic carboxylic acids is 1. The number of hydrogen-bond acceptors (Lipinski definition) is 5. The molecule has 2 aliphatic rings. The maximum absolute atomic E-state index is 12.1. The number of anilines is 1. The van der Waals surface area contributed by atoms with Crippen molar-refractivity contribution < 1.29 is 19.4 Å². The first kappa shape index (κ1) is 16.6. The van der Waals surface area contributed by atoms with Crippen LogP contribution in [-0.4, -0.2) is 61.1 Å². The molecule has 0 aromatic heterocycles. The SMILES string of the molecule is CN1CCN(c2cccc3c2OC(C(=O)O)CC3=O)CC1.Cl. The van der Waals surface area contributed by atoms with Crippen LogP contribution in [0.5, 0.6) is 5.75 Å². The van der Waals surface area contributed by atoms with Crippen LogP contribution in [-0.2, 0) is 4.79 Å². The van der Waals surface area contributed by atoms with Gasteiger partial charge in [0.25, 0.3) is 0 Å². The highest BCUT2D eigenvalue weighted by Gasteiger charge is 2.34. The van der Waals surface area contributed by atoms with Gasteiger partial charge in [-0.2, -0.15) is 0 Å². The number of ether oxygens (including phenoxy) is 1. The van der Waals surface area contributed by atoms with Crippen LogP contribution in [0.2, 0.25) is 0 Å². The number of rotatable bonds is 2. The summed E-state index contributed by atoms with van der Waals surface area (Å²) in [6.07, 6.45) is -1.19. The van der Waals surface area contributed by atoms with Gasteiger partial charge in [-0.3, -0.25) is 4.79 Å². The average Bonchev–Trinajstić information content (AvgIpc) is 2.47. The summed E-state index contributed by atoms with van der Waals surface area (Å²) in [6.45, 7) is 3.53. The fourth-order valence-electron chi connectivity index (χ4n) is 2.76. The molecule has 1 N–H and O–H groups in total. The minimum atomic E-state index is -1.10. The van der Waals surface area contributed by atoms with Crippen LogP contribution in [0.15, 0.2) is 18.2 Å². The number of carboxylic acids is 1. The summed E-state index contributed by atoms with van der Waals surface area (Å²) in [5, 5.41) is 9.12. The number of carbonyl (C=O) groups is 2. The van der Waals surface area contributed by atoms with Crippen molar-refractivity contribution in [2.45, 2.75) is 12.5 Å². The molecule has 1 aromatic carbocycles. The lowest BCUT2D eigenvalue weighted by Crippen LogP contribution is -2.45. The molecule has 0 radical (unpaired) electrons. The van der Waals surface area contributed by atoms with Crippen LogP contribution in [0.3, 0.4) is 0 Å². The fourth-order valence-corrected chi connectivity index (χ4v) is 2.76. The predicted octanol–water partition coefficient (Wildman–Crippen LogP) is 1.28. The molecule has 22 heavy (non-hydrogen) atoms. The van der Waals surface area contributed by atoms with E-state index in [1.54, 1.807) is 6.07 Å². The molecule has 1 atom stereocenters. The lowest BCUT2D eigenvalue weighted by molar-refractivity contribution is -0.145. The summed E-state index contributed by atoms with van der Waals surface area (Å²) in [5.74, 6) is -0.840. The van der Waals surface area contributed by atoms with Gasteiger partial charge in [0, 0.05) is 26.2 Å². The molecule has 2 heterocycles. The number of Topliss-reactive ketones (excluding diaryl/α,β-unsaturated/α-hetero) is 1. The van der Waals surface area contributed by atoms with Crippen molar-refractivity contribution in [2.75, 3.05) is 38.1 Å². The quantitative estimate of drug-likeness (QED) is 0.883. The number of fused-ring (bicyclic) bond motifs is 1. The highest BCUT2D eigenvalue weighted by Crippen LogP contribution is 2.37. The Bertz CT molecular complexity index is 585. The lowest BCUT2D eigenvalue weighted by atomic mass is 9.99. The van der Waals surface area contributed by atoms with E-state index >= 15 is 0 Å². The molecule has 1 aromatic rings. The molecule has 0 saturated carbocycles. The minimum Gasteiger partial charge on any atom is -0.478 e. The Kier molecular flexibility index (Phi) is 4.93. The number of likely N-dealkylation sites (N-methyl/N-ethyl adjacent to an activating group) is 1. The Morgan fingerprint density at radius 1 is 1.27 bits per heavy atom. The number of para-hydroxylation sites is 1. The number of carboxylic acid groups (broad SMARTS) is 1. The van der Waals surface area contributed by atoms with E-state index in [9.17, 15) is 9.59 Å². The predicted molar refractivity (Wildman–Crippen MR) is 84.4 cm³/mol. The Morgan fingerprint density at radius 2 is 1.95 bits per heavy atom. The first-order valence-electron chi connectivity index (χ1n) is 7.05. The third kappa shape index (κ3) is 3.03. The van der Waals surface area contributed by atoms with Crippen molar-refractivity contribution in [2.24, 2.45) is 0 Å². The van der Waals surface area contributed by atoms with E-state index in [-0.39, 0.29) is 24.6 Å². The van der Waals surface area contributed by atoms with Crippen molar-refractivity contribution in [3.63, 3.8) is 0 Å². The van der Waals surface area contributed by atoms with Gasteiger partial charge < -0.3 is 19.6 Å². The third-order valence-corrected chi connectivity index (χ3v) is 4.04. The van der Waals surface area contributed by atoms with E-state index in [1.165, 1.54) is 0 Å². The number of nitrogens with zero attached hydrogens (tertiary/aromatic N) is 2.